The Labute approximate surface area is 164 Å². The highest BCUT2D eigenvalue weighted by atomic mass is 32.1. The Bertz CT molecular complexity index is 793. The van der Waals surface area contributed by atoms with Crippen LogP contribution in [0.25, 0.3) is 0 Å². The molecular formula is C21H27NO4S. The lowest BCUT2D eigenvalue weighted by Gasteiger charge is -2.28. The summed E-state index contributed by atoms with van der Waals surface area (Å²) in [5.41, 5.74) is 0.454. The molecule has 2 N–H and O–H groups in total. The normalized spacial score (nSPS) is 16.7. The Kier molecular flexibility index (Phi) is 6.07. The van der Waals surface area contributed by atoms with Gasteiger partial charge in [-0.3, -0.25) is 4.79 Å². The summed E-state index contributed by atoms with van der Waals surface area (Å²) in [6, 6.07) is 9.31. The predicted octanol–water partition coefficient (Wildman–Crippen LogP) is 4.06. The molecule has 1 amide bonds. The summed E-state index contributed by atoms with van der Waals surface area (Å²) in [5, 5.41) is 13.0. The van der Waals surface area contributed by atoms with Gasteiger partial charge in [0.2, 0.25) is 0 Å². The lowest BCUT2D eigenvalue weighted by Crippen LogP contribution is -2.38. The van der Waals surface area contributed by atoms with Gasteiger partial charge in [-0.2, -0.15) is 0 Å². The van der Waals surface area contributed by atoms with Crippen molar-refractivity contribution in [2.24, 2.45) is 0 Å². The zero-order valence-corrected chi connectivity index (χ0v) is 16.9. The van der Waals surface area contributed by atoms with Crippen LogP contribution in [0.5, 0.6) is 11.5 Å². The fourth-order valence-electron chi connectivity index (χ4n) is 3.76. The van der Waals surface area contributed by atoms with Crippen molar-refractivity contribution >= 4 is 17.2 Å². The van der Waals surface area contributed by atoms with Crippen molar-refractivity contribution in [2.75, 3.05) is 20.8 Å². The van der Waals surface area contributed by atoms with E-state index in [2.05, 4.69) is 11.4 Å². The van der Waals surface area contributed by atoms with Gasteiger partial charge in [-0.1, -0.05) is 12.8 Å². The van der Waals surface area contributed by atoms with Gasteiger partial charge >= 0.3 is 0 Å². The number of hydrogen-bond acceptors (Lipinski definition) is 5. The van der Waals surface area contributed by atoms with E-state index in [1.807, 2.05) is 6.07 Å². The van der Waals surface area contributed by atoms with Gasteiger partial charge in [0.25, 0.3) is 5.91 Å². The molecule has 146 valence electrons. The van der Waals surface area contributed by atoms with Crippen LogP contribution in [-0.4, -0.2) is 31.8 Å². The van der Waals surface area contributed by atoms with E-state index in [4.69, 9.17) is 9.47 Å². The third-order valence-electron chi connectivity index (χ3n) is 5.36. The zero-order chi connectivity index (χ0) is 19.4. The highest BCUT2D eigenvalue weighted by Gasteiger charge is 2.37. The van der Waals surface area contributed by atoms with Gasteiger partial charge in [0.15, 0.2) is 0 Å². The molecule has 1 aromatic carbocycles. The van der Waals surface area contributed by atoms with Gasteiger partial charge in [0.05, 0.1) is 25.9 Å². The molecule has 2 aromatic rings. The maximum atomic E-state index is 12.8. The number of hydrogen-bond donors (Lipinski definition) is 2. The average Bonchev–Trinajstić information content (AvgIpc) is 3.35. The van der Waals surface area contributed by atoms with E-state index in [-0.39, 0.29) is 11.3 Å². The number of thiophene rings is 1. The van der Waals surface area contributed by atoms with Gasteiger partial charge in [-0.25, -0.2) is 0 Å². The maximum absolute atomic E-state index is 12.8. The Morgan fingerprint density at radius 1 is 1.22 bits per heavy atom. The van der Waals surface area contributed by atoms with Crippen molar-refractivity contribution in [2.45, 2.75) is 44.1 Å². The van der Waals surface area contributed by atoms with Gasteiger partial charge in [0.1, 0.15) is 11.5 Å². The standard InChI is InChI=1S/C21H27NO4S/c1-14(23)18-8-9-19(27-18)21(10-4-5-11-21)13-22-20(24)16-7-6-15(25-2)12-17(16)26-3/h6-9,12,14,23H,4-5,10-11,13H2,1-3H3,(H,22,24). The molecule has 1 aliphatic rings. The summed E-state index contributed by atoms with van der Waals surface area (Å²) in [6.07, 6.45) is 3.95. The van der Waals surface area contributed by atoms with Crippen LogP contribution in [-0.2, 0) is 5.41 Å². The van der Waals surface area contributed by atoms with Crippen LogP contribution in [0.4, 0.5) is 0 Å². The molecule has 0 bridgehead atoms. The first-order chi connectivity index (χ1) is 13.0. The predicted molar refractivity (Wildman–Crippen MR) is 107 cm³/mol. The van der Waals surface area contributed by atoms with Gasteiger partial charge < -0.3 is 19.9 Å². The molecule has 0 saturated heterocycles. The minimum Gasteiger partial charge on any atom is -0.497 e. The molecule has 1 heterocycles. The molecule has 1 fully saturated rings. The summed E-state index contributed by atoms with van der Waals surface area (Å²) in [6.45, 7) is 2.37. The number of carbonyl (C=O) groups is 1. The highest BCUT2D eigenvalue weighted by Crippen LogP contribution is 2.44. The quantitative estimate of drug-likeness (QED) is 0.749. The average molecular weight is 390 g/mol. The fourth-order valence-corrected chi connectivity index (χ4v) is 4.94. The summed E-state index contributed by atoms with van der Waals surface area (Å²) in [5.74, 6) is 1.01. The Morgan fingerprint density at radius 2 is 1.96 bits per heavy atom. The van der Waals surface area contributed by atoms with Gasteiger partial charge in [-0.15, -0.1) is 11.3 Å². The molecule has 1 unspecified atom stereocenters. The first-order valence-corrected chi connectivity index (χ1v) is 10.1. The lowest BCUT2D eigenvalue weighted by molar-refractivity contribution is 0.0940. The van der Waals surface area contributed by atoms with E-state index in [0.717, 1.165) is 30.6 Å². The van der Waals surface area contributed by atoms with Crippen LogP contribution in [0, 0.1) is 0 Å². The largest absolute Gasteiger partial charge is 0.497 e. The lowest BCUT2D eigenvalue weighted by atomic mass is 9.84. The minimum absolute atomic E-state index is 0.0484. The third-order valence-corrected chi connectivity index (χ3v) is 6.86. The van der Waals surface area contributed by atoms with Crippen LogP contribution in [0.15, 0.2) is 30.3 Å². The van der Waals surface area contributed by atoms with E-state index in [1.165, 1.54) is 4.88 Å². The number of benzene rings is 1. The molecule has 6 heteroatoms. The molecule has 27 heavy (non-hydrogen) atoms. The number of amides is 1. The summed E-state index contributed by atoms with van der Waals surface area (Å²) < 4.78 is 10.6. The topological polar surface area (TPSA) is 67.8 Å². The fraction of sp³-hybridized carbons (Fsp3) is 0.476. The molecule has 1 atom stereocenters. The zero-order valence-electron chi connectivity index (χ0n) is 16.1. The number of rotatable bonds is 7. The molecule has 0 radical (unpaired) electrons. The van der Waals surface area contributed by atoms with E-state index in [9.17, 15) is 9.90 Å². The number of ether oxygens (including phenoxy) is 2. The first kappa shape index (κ1) is 19.7. The second-order valence-corrected chi connectivity index (χ2v) is 8.23. The Balaban J connectivity index is 1.77. The van der Waals surface area contributed by atoms with E-state index >= 15 is 0 Å². The molecule has 0 aliphatic heterocycles. The molecule has 1 aromatic heterocycles. The molecular weight excluding hydrogens is 362 g/mol. The highest BCUT2D eigenvalue weighted by molar-refractivity contribution is 7.12. The number of carbonyl (C=O) groups excluding carboxylic acids is 1. The van der Waals surface area contributed by atoms with Crippen molar-refractivity contribution in [3.63, 3.8) is 0 Å². The smallest absolute Gasteiger partial charge is 0.255 e. The summed E-state index contributed by atoms with van der Waals surface area (Å²) in [4.78, 5) is 15.0. The molecule has 3 rings (SSSR count). The second-order valence-electron chi connectivity index (χ2n) is 7.11. The van der Waals surface area contributed by atoms with E-state index in [1.54, 1.807) is 50.7 Å². The Hall–Kier alpha value is -2.05. The van der Waals surface area contributed by atoms with Crippen LogP contribution < -0.4 is 14.8 Å². The van der Waals surface area contributed by atoms with Crippen molar-refractivity contribution in [1.29, 1.82) is 0 Å². The van der Waals surface area contributed by atoms with E-state index < -0.39 is 6.10 Å². The second kappa shape index (κ2) is 8.31. The van der Waals surface area contributed by atoms with Crippen molar-refractivity contribution in [3.8, 4) is 11.5 Å². The molecule has 0 spiro atoms. The number of nitrogens with one attached hydrogen (secondary N) is 1. The van der Waals surface area contributed by atoms with Crippen LogP contribution in [0.1, 0.15) is 58.8 Å². The van der Waals surface area contributed by atoms with Crippen molar-refractivity contribution in [1.82, 2.24) is 5.32 Å². The number of aliphatic hydroxyl groups excluding tert-OH is 1. The SMILES string of the molecule is COc1ccc(C(=O)NCC2(c3ccc(C(C)O)s3)CCCC2)c(OC)c1. The van der Waals surface area contributed by atoms with Gasteiger partial charge in [-0.05, 0) is 44.0 Å². The van der Waals surface area contributed by atoms with E-state index in [0.29, 0.717) is 23.6 Å². The van der Waals surface area contributed by atoms with Crippen LogP contribution in [0.3, 0.4) is 0 Å². The van der Waals surface area contributed by atoms with Crippen molar-refractivity contribution in [3.05, 3.63) is 45.6 Å². The number of methoxy groups -OCH3 is 2. The van der Waals surface area contributed by atoms with Gasteiger partial charge in [0, 0.05) is 27.8 Å². The molecule has 1 saturated carbocycles. The number of aliphatic hydroxyl groups is 1. The molecule has 1 aliphatic carbocycles. The molecule has 5 nitrogen and oxygen atoms in total. The first-order valence-electron chi connectivity index (χ1n) is 9.27. The monoisotopic (exact) mass is 389 g/mol. The summed E-state index contributed by atoms with van der Waals surface area (Å²) >= 11 is 1.65. The van der Waals surface area contributed by atoms with Crippen LogP contribution in [0.2, 0.25) is 0 Å². The van der Waals surface area contributed by atoms with Crippen molar-refractivity contribution < 1.29 is 19.4 Å². The Morgan fingerprint density at radius 3 is 2.56 bits per heavy atom. The van der Waals surface area contributed by atoms with Crippen LogP contribution >= 0.6 is 11.3 Å². The summed E-state index contributed by atoms with van der Waals surface area (Å²) in [7, 11) is 3.13. The minimum atomic E-state index is -0.458. The maximum Gasteiger partial charge on any atom is 0.255 e. The third kappa shape index (κ3) is 4.12.